The topological polar surface area (TPSA) is 40.5 Å². The standard InChI is InChI=1S/C20H20F3NO2/c1-19(26,20(21,22)23)17-9-7-15(8-10-17)18(25)24-12-11-16(13-24)14-5-3-2-4-6-14/h2-10,16,26H,11-13H2,1H3. The number of likely N-dealkylation sites (tertiary alicyclic amines) is 1. The summed E-state index contributed by atoms with van der Waals surface area (Å²) in [5.41, 5.74) is -1.73. The molecule has 0 spiro atoms. The Morgan fingerprint density at radius 2 is 1.69 bits per heavy atom. The second kappa shape index (κ2) is 6.76. The van der Waals surface area contributed by atoms with E-state index in [1.165, 1.54) is 17.7 Å². The molecule has 138 valence electrons. The van der Waals surface area contributed by atoms with Crippen molar-refractivity contribution < 1.29 is 23.1 Å². The number of alkyl halides is 3. The van der Waals surface area contributed by atoms with Crippen LogP contribution >= 0.6 is 0 Å². The van der Waals surface area contributed by atoms with Crippen LogP contribution in [0.1, 0.15) is 40.7 Å². The molecule has 1 heterocycles. The lowest BCUT2D eigenvalue weighted by Gasteiger charge is -2.27. The van der Waals surface area contributed by atoms with Gasteiger partial charge in [0.05, 0.1) is 0 Å². The summed E-state index contributed by atoms with van der Waals surface area (Å²) in [5, 5.41) is 9.70. The van der Waals surface area contributed by atoms with Crippen LogP contribution in [-0.2, 0) is 5.60 Å². The van der Waals surface area contributed by atoms with Crippen molar-refractivity contribution in [3.05, 3.63) is 71.3 Å². The van der Waals surface area contributed by atoms with E-state index in [0.29, 0.717) is 25.6 Å². The van der Waals surface area contributed by atoms with Gasteiger partial charge in [-0.3, -0.25) is 4.79 Å². The lowest BCUT2D eigenvalue weighted by molar-refractivity contribution is -0.258. The van der Waals surface area contributed by atoms with Gasteiger partial charge in [-0.1, -0.05) is 42.5 Å². The molecule has 0 aromatic heterocycles. The fourth-order valence-corrected chi connectivity index (χ4v) is 3.23. The minimum absolute atomic E-state index is 0.207. The maximum absolute atomic E-state index is 12.9. The monoisotopic (exact) mass is 363 g/mol. The van der Waals surface area contributed by atoms with Crippen LogP contribution in [0.2, 0.25) is 0 Å². The molecule has 1 N–H and O–H groups in total. The van der Waals surface area contributed by atoms with Crippen LogP contribution in [0.3, 0.4) is 0 Å². The summed E-state index contributed by atoms with van der Waals surface area (Å²) in [6.07, 6.45) is -3.92. The number of rotatable bonds is 3. The highest BCUT2D eigenvalue weighted by molar-refractivity contribution is 5.94. The zero-order valence-corrected chi connectivity index (χ0v) is 14.3. The molecule has 1 fully saturated rings. The van der Waals surface area contributed by atoms with Crippen LogP contribution in [0, 0.1) is 0 Å². The van der Waals surface area contributed by atoms with E-state index in [9.17, 15) is 23.1 Å². The molecule has 0 aliphatic carbocycles. The van der Waals surface area contributed by atoms with Crippen LogP contribution in [-0.4, -0.2) is 35.2 Å². The minimum Gasteiger partial charge on any atom is -0.376 e. The molecule has 0 radical (unpaired) electrons. The molecule has 2 aromatic rings. The van der Waals surface area contributed by atoms with Gasteiger partial charge in [0.1, 0.15) is 0 Å². The Hall–Kier alpha value is -2.34. The number of halogens is 3. The molecule has 3 rings (SSSR count). The average Bonchev–Trinajstić information content (AvgIpc) is 3.11. The van der Waals surface area contributed by atoms with Gasteiger partial charge in [0.15, 0.2) is 5.60 Å². The molecule has 1 amide bonds. The normalized spacial score (nSPS) is 20.0. The maximum Gasteiger partial charge on any atom is 0.421 e. The number of aliphatic hydroxyl groups is 1. The summed E-state index contributed by atoms with van der Waals surface area (Å²) in [7, 11) is 0. The van der Waals surface area contributed by atoms with E-state index >= 15 is 0 Å². The predicted molar refractivity (Wildman–Crippen MR) is 91.8 cm³/mol. The van der Waals surface area contributed by atoms with Crippen LogP contribution in [0.15, 0.2) is 54.6 Å². The molecular formula is C20H20F3NO2. The molecule has 0 bridgehead atoms. The smallest absolute Gasteiger partial charge is 0.376 e. The van der Waals surface area contributed by atoms with Gasteiger partial charge in [0, 0.05) is 24.6 Å². The van der Waals surface area contributed by atoms with E-state index in [0.717, 1.165) is 18.6 Å². The largest absolute Gasteiger partial charge is 0.421 e. The van der Waals surface area contributed by atoms with Crippen molar-refractivity contribution >= 4 is 5.91 Å². The van der Waals surface area contributed by atoms with E-state index in [1.807, 2.05) is 30.3 Å². The van der Waals surface area contributed by atoms with Crippen LogP contribution in [0.5, 0.6) is 0 Å². The number of carbonyl (C=O) groups is 1. The zero-order valence-electron chi connectivity index (χ0n) is 14.3. The first-order valence-electron chi connectivity index (χ1n) is 8.44. The second-order valence-corrected chi connectivity index (χ2v) is 6.79. The summed E-state index contributed by atoms with van der Waals surface area (Å²) in [5.74, 6) is 0.0621. The summed E-state index contributed by atoms with van der Waals surface area (Å²) >= 11 is 0. The Morgan fingerprint density at radius 3 is 2.27 bits per heavy atom. The maximum atomic E-state index is 12.9. The molecule has 2 unspecified atom stereocenters. The summed E-state index contributed by atoms with van der Waals surface area (Å²) < 4.78 is 38.7. The molecular weight excluding hydrogens is 343 g/mol. The first kappa shape index (κ1) is 18.5. The number of benzene rings is 2. The Bertz CT molecular complexity index is 770. The van der Waals surface area contributed by atoms with Crippen LogP contribution in [0.25, 0.3) is 0 Å². The third kappa shape index (κ3) is 3.46. The predicted octanol–water partition coefficient (Wildman–Crippen LogP) is 4.09. The first-order valence-corrected chi connectivity index (χ1v) is 8.44. The van der Waals surface area contributed by atoms with Crippen molar-refractivity contribution in [2.24, 2.45) is 0 Å². The lowest BCUT2D eigenvalue weighted by atomic mass is 9.94. The number of hydrogen-bond donors (Lipinski definition) is 1. The van der Waals surface area contributed by atoms with E-state index in [4.69, 9.17) is 0 Å². The SMILES string of the molecule is CC(O)(c1ccc(C(=O)N2CCC(c3ccccc3)C2)cc1)C(F)(F)F. The molecule has 1 aliphatic heterocycles. The average molecular weight is 363 g/mol. The van der Waals surface area contributed by atoms with Crippen molar-refractivity contribution in [2.75, 3.05) is 13.1 Å². The molecule has 26 heavy (non-hydrogen) atoms. The van der Waals surface area contributed by atoms with Gasteiger partial charge in [-0.05, 0) is 36.6 Å². The highest BCUT2D eigenvalue weighted by Gasteiger charge is 2.51. The Labute approximate surface area is 150 Å². The van der Waals surface area contributed by atoms with E-state index < -0.39 is 11.8 Å². The fraction of sp³-hybridized carbons (Fsp3) is 0.350. The Balaban J connectivity index is 1.71. The van der Waals surface area contributed by atoms with Gasteiger partial charge in [-0.2, -0.15) is 13.2 Å². The van der Waals surface area contributed by atoms with Gasteiger partial charge >= 0.3 is 6.18 Å². The molecule has 2 aromatic carbocycles. The van der Waals surface area contributed by atoms with Crippen molar-refractivity contribution in [1.82, 2.24) is 4.90 Å². The highest BCUT2D eigenvalue weighted by Crippen LogP contribution is 2.38. The number of nitrogens with zero attached hydrogens (tertiary/aromatic N) is 1. The third-order valence-corrected chi connectivity index (χ3v) is 4.99. The fourth-order valence-electron chi connectivity index (χ4n) is 3.23. The molecule has 3 nitrogen and oxygen atoms in total. The lowest BCUT2D eigenvalue weighted by Crippen LogP contribution is -2.39. The minimum atomic E-state index is -4.78. The molecule has 1 aliphatic rings. The molecule has 0 saturated carbocycles. The highest BCUT2D eigenvalue weighted by atomic mass is 19.4. The van der Waals surface area contributed by atoms with Gasteiger partial charge in [-0.25, -0.2) is 0 Å². The third-order valence-electron chi connectivity index (χ3n) is 4.99. The first-order chi connectivity index (χ1) is 12.2. The Morgan fingerprint density at radius 1 is 1.08 bits per heavy atom. The summed E-state index contributed by atoms with van der Waals surface area (Å²) in [6.45, 7) is 1.90. The van der Waals surface area contributed by atoms with Crippen molar-refractivity contribution in [3.63, 3.8) is 0 Å². The van der Waals surface area contributed by atoms with Gasteiger partial charge in [0.25, 0.3) is 5.91 Å². The Kier molecular flexibility index (Phi) is 4.80. The number of hydrogen-bond acceptors (Lipinski definition) is 2. The van der Waals surface area contributed by atoms with E-state index in [-0.39, 0.29) is 17.4 Å². The number of amides is 1. The molecule has 1 saturated heterocycles. The molecule has 2 atom stereocenters. The van der Waals surface area contributed by atoms with Crippen molar-refractivity contribution in [3.8, 4) is 0 Å². The van der Waals surface area contributed by atoms with E-state index in [2.05, 4.69) is 0 Å². The quantitative estimate of drug-likeness (QED) is 0.892. The number of carbonyl (C=O) groups excluding carboxylic acids is 1. The zero-order chi connectivity index (χ0) is 18.9. The second-order valence-electron chi connectivity index (χ2n) is 6.79. The summed E-state index contributed by atoms with van der Waals surface area (Å²) in [6, 6.07) is 14.9. The van der Waals surface area contributed by atoms with Gasteiger partial charge in [0.2, 0.25) is 0 Å². The van der Waals surface area contributed by atoms with Crippen LogP contribution < -0.4 is 0 Å². The van der Waals surface area contributed by atoms with E-state index in [1.54, 1.807) is 4.90 Å². The molecule has 6 heteroatoms. The van der Waals surface area contributed by atoms with Crippen LogP contribution in [0.4, 0.5) is 13.2 Å². The van der Waals surface area contributed by atoms with Crippen molar-refractivity contribution in [2.45, 2.75) is 31.0 Å². The van der Waals surface area contributed by atoms with Crippen molar-refractivity contribution in [1.29, 1.82) is 0 Å². The summed E-state index contributed by atoms with van der Waals surface area (Å²) in [4.78, 5) is 14.3. The van der Waals surface area contributed by atoms with Gasteiger partial charge in [-0.15, -0.1) is 0 Å². The van der Waals surface area contributed by atoms with Gasteiger partial charge < -0.3 is 10.0 Å².